The van der Waals surface area contributed by atoms with Crippen molar-refractivity contribution < 1.29 is 0 Å². The molecule has 0 N–H and O–H groups in total. The van der Waals surface area contributed by atoms with E-state index in [4.69, 9.17) is 0 Å². The van der Waals surface area contributed by atoms with Crippen LogP contribution in [0.25, 0.3) is 0 Å². The fraction of sp³-hybridized carbons (Fsp3) is 0.941. The maximum Gasteiger partial charge on any atom is 0.101 e. The van der Waals surface area contributed by atoms with Gasteiger partial charge in [-0.15, -0.1) is 0 Å². The van der Waals surface area contributed by atoms with E-state index in [1.165, 1.54) is 180 Å². The van der Waals surface area contributed by atoms with Gasteiger partial charge in [-0.05, 0) is 25.7 Å². The topological polar surface area (TPSA) is 6.48 Å². The Morgan fingerprint density at radius 2 is 0.639 bits per heavy atom. The molecular formula is C34H68N2. The van der Waals surface area contributed by atoms with Crippen LogP contribution in [0.15, 0.2) is 12.4 Å². The van der Waals surface area contributed by atoms with Crippen molar-refractivity contribution in [3.05, 3.63) is 12.4 Å². The Morgan fingerprint density at radius 1 is 0.361 bits per heavy atom. The zero-order valence-corrected chi connectivity index (χ0v) is 25.4. The van der Waals surface area contributed by atoms with Crippen molar-refractivity contribution in [3.63, 3.8) is 0 Å². The lowest BCUT2D eigenvalue weighted by Crippen LogP contribution is -2.39. The molecule has 1 aliphatic heterocycles. The largest absolute Gasteiger partial charge is 0.356 e. The molecule has 0 saturated carbocycles. The number of nitrogens with zero attached hydrogens (tertiary/aromatic N) is 2. The molecule has 2 heteroatoms. The van der Waals surface area contributed by atoms with Crippen LogP contribution in [0, 0.1) is 0 Å². The van der Waals surface area contributed by atoms with Gasteiger partial charge >= 0.3 is 0 Å². The summed E-state index contributed by atoms with van der Waals surface area (Å²) in [5.74, 6) is 0. The van der Waals surface area contributed by atoms with Crippen LogP contribution in [-0.4, -0.2) is 29.1 Å². The molecule has 36 heavy (non-hydrogen) atoms. The molecule has 0 fully saturated rings. The fourth-order valence-electron chi connectivity index (χ4n) is 5.83. The molecule has 0 aromatic rings. The van der Waals surface area contributed by atoms with Crippen LogP contribution in [0.4, 0.5) is 0 Å². The van der Waals surface area contributed by atoms with Gasteiger partial charge in [0.15, 0.2) is 0 Å². The minimum atomic E-state index is 0.642. The Balaban J connectivity index is 2.22. The second-order valence-electron chi connectivity index (χ2n) is 11.8. The summed E-state index contributed by atoms with van der Waals surface area (Å²) >= 11 is 0. The minimum Gasteiger partial charge on any atom is -0.356 e. The first-order valence-electron chi connectivity index (χ1n) is 17.0. The predicted octanol–water partition coefficient (Wildman–Crippen LogP) is 11.6. The standard InChI is InChI=1S/C34H68N2/c1-4-7-10-13-15-17-19-21-23-26-29-34-35(30-27-24-12-9-6-3)32-33-36(34)31-28-25-22-20-18-16-14-11-8-5-2/h32-34H,4-31H2,1-3H3. The molecule has 2 nitrogen and oxygen atoms in total. The first-order chi connectivity index (χ1) is 17.8. The molecule has 0 saturated heterocycles. The molecule has 0 bridgehead atoms. The van der Waals surface area contributed by atoms with Crippen molar-refractivity contribution in [2.75, 3.05) is 13.1 Å². The van der Waals surface area contributed by atoms with E-state index in [-0.39, 0.29) is 0 Å². The van der Waals surface area contributed by atoms with E-state index in [1.54, 1.807) is 0 Å². The Bertz CT molecular complexity index is 460. The zero-order valence-electron chi connectivity index (χ0n) is 25.4. The molecule has 1 atom stereocenters. The lowest BCUT2D eigenvalue weighted by Gasteiger charge is -2.33. The lowest BCUT2D eigenvalue weighted by atomic mass is 10.0. The third-order valence-electron chi connectivity index (χ3n) is 8.32. The highest BCUT2D eigenvalue weighted by Gasteiger charge is 2.24. The van der Waals surface area contributed by atoms with Gasteiger partial charge in [-0.2, -0.15) is 0 Å². The molecule has 0 aliphatic carbocycles. The Kier molecular flexibility index (Phi) is 24.1. The third kappa shape index (κ3) is 18.6. The summed E-state index contributed by atoms with van der Waals surface area (Å²) in [4.78, 5) is 5.39. The Hall–Kier alpha value is -0.660. The highest BCUT2D eigenvalue weighted by Crippen LogP contribution is 2.24. The van der Waals surface area contributed by atoms with E-state index < -0.39 is 0 Å². The molecule has 0 spiro atoms. The quantitative estimate of drug-likeness (QED) is 0.0977. The van der Waals surface area contributed by atoms with Crippen LogP contribution in [0.1, 0.15) is 188 Å². The first kappa shape index (κ1) is 33.4. The molecule has 0 aromatic heterocycles. The predicted molar refractivity (Wildman–Crippen MR) is 163 cm³/mol. The monoisotopic (exact) mass is 505 g/mol. The van der Waals surface area contributed by atoms with E-state index in [2.05, 4.69) is 43.0 Å². The maximum atomic E-state index is 2.70. The van der Waals surface area contributed by atoms with Gasteiger partial charge in [-0.1, -0.05) is 162 Å². The normalized spacial score (nSPS) is 15.5. The van der Waals surface area contributed by atoms with E-state index in [9.17, 15) is 0 Å². The smallest absolute Gasteiger partial charge is 0.101 e. The summed E-state index contributed by atoms with van der Waals surface area (Å²) in [6.45, 7) is 9.46. The van der Waals surface area contributed by atoms with Crippen LogP contribution in [0.3, 0.4) is 0 Å². The second kappa shape index (κ2) is 26.0. The summed E-state index contributed by atoms with van der Waals surface area (Å²) in [5, 5.41) is 0. The van der Waals surface area contributed by atoms with Crippen LogP contribution in [0.2, 0.25) is 0 Å². The molecule has 214 valence electrons. The second-order valence-corrected chi connectivity index (χ2v) is 11.8. The summed E-state index contributed by atoms with van der Waals surface area (Å²) < 4.78 is 0. The molecule has 1 unspecified atom stereocenters. The van der Waals surface area contributed by atoms with Crippen molar-refractivity contribution >= 4 is 0 Å². The fourth-order valence-corrected chi connectivity index (χ4v) is 5.83. The van der Waals surface area contributed by atoms with Crippen LogP contribution < -0.4 is 0 Å². The van der Waals surface area contributed by atoms with Crippen molar-refractivity contribution in [1.29, 1.82) is 0 Å². The molecule has 0 aromatic carbocycles. The maximum absolute atomic E-state index is 2.70. The summed E-state index contributed by atoms with van der Waals surface area (Å²) in [7, 11) is 0. The number of unbranched alkanes of at least 4 members (excludes halogenated alkanes) is 22. The highest BCUT2D eigenvalue weighted by atomic mass is 15.4. The van der Waals surface area contributed by atoms with Crippen molar-refractivity contribution in [3.8, 4) is 0 Å². The van der Waals surface area contributed by atoms with Gasteiger partial charge in [0.25, 0.3) is 0 Å². The average molecular weight is 505 g/mol. The van der Waals surface area contributed by atoms with Gasteiger partial charge in [0.05, 0.1) is 0 Å². The van der Waals surface area contributed by atoms with Gasteiger partial charge in [0, 0.05) is 25.5 Å². The number of hydrogen-bond acceptors (Lipinski definition) is 2. The number of hydrogen-bond donors (Lipinski definition) is 0. The average Bonchev–Trinajstić information content (AvgIpc) is 3.27. The van der Waals surface area contributed by atoms with Crippen LogP contribution in [-0.2, 0) is 0 Å². The van der Waals surface area contributed by atoms with Gasteiger partial charge in [0.1, 0.15) is 6.17 Å². The molecule has 1 aliphatic rings. The molecular weight excluding hydrogens is 436 g/mol. The first-order valence-corrected chi connectivity index (χ1v) is 17.0. The lowest BCUT2D eigenvalue weighted by molar-refractivity contribution is 0.135. The highest BCUT2D eigenvalue weighted by molar-refractivity contribution is 4.97. The molecule has 0 amide bonds. The van der Waals surface area contributed by atoms with Crippen molar-refractivity contribution in [1.82, 2.24) is 9.80 Å². The molecule has 1 rings (SSSR count). The molecule has 0 radical (unpaired) electrons. The van der Waals surface area contributed by atoms with Gasteiger partial charge in [0.2, 0.25) is 0 Å². The van der Waals surface area contributed by atoms with E-state index >= 15 is 0 Å². The number of rotatable bonds is 28. The van der Waals surface area contributed by atoms with E-state index in [0.717, 1.165) is 0 Å². The summed E-state index contributed by atoms with van der Waals surface area (Å²) in [6, 6.07) is 0. The third-order valence-corrected chi connectivity index (χ3v) is 8.32. The SMILES string of the molecule is CCCCCCCCCCCCC1N(CCCCCCC)C=CN1CCCCCCCCCCCC. The Labute approximate surface area is 229 Å². The minimum absolute atomic E-state index is 0.642. The van der Waals surface area contributed by atoms with Crippen LogP contribution >= 0.6 is 0 Å². The Morgan fingerprint density at radius 3 is 0.972 bits per heavy atom. The molecule has 1 heterocycles. The van der Waals surface area contributed by atoms with Crippen molar-refractivity contribution in [2.24, 2.45) is 0 Å². The summed E-state index contributed by atoms with van der Waals surface area (Å²) in [6.07, 6.45) is 42.5. The van der Waals surface area contributed by atoms with Crippen LogP contribution in [0.5, 0.6) is 0 Å². The van der Waals surface area contributed by atoms with Crippen molar-refractivity contribution in [2.45, 2.75) is 194 Å². The van der Waals surface area contributed by atoms with Gasteiger partial charge in [-0.25, -0.2) is 0 Å². The summed E-state index contributed by atoms with van der Waals surface area (Å²) in [5.41, 5.74) is 0. The van der Waals surface area contributed by atoms with Gasteiger partial charge in [-0.3, -0.25) is 0 Å². The van der Waals surface area contributed by atoms with Gasteiger partial charge < -0.3 is 9.80 Å². The van der Waals surface area contributed by atoms with E-state index in [0.29, 0.717) is 6.17 Å². The van der Waals surface area contributed by atoms with E-state index in [1.807, 2.05) is 0 Å². The zero-order chi connectivity index (χ0) is 25.9.